The minimum absolute atomic E-state index is 0.0520. The van der Waals surface area contributed by atoms with Gasteiger partial charge in [-0.15, -0.1) is 0 Å². The van der Waals surface area contributed by atoms with Crippen molar-refractivity contribution in [2.75, 3.05) is 25.1 Å². The molecule has 126 valence electrons. The van der Waals surface area contributed by atoms with E-state index in [1.54, 1.807) is 13.3 Å². The number of carbonyl (C=O) groups is 1. The SMILES string of the molecule is COc1cccc(CC(=O)NC2CCCN(c3ccccn3)C2)c1. The summed E-state index contributed by atoms with van der Waals surface area (Å²) in [6.45, 7) is 1.79. The number of carbonyl (C=O) groups excluding carboxylic acids is 1. The number of amides is 1. The van der Waals surface area contributed by atoms with Gasteiger partial charge in [0, 0.05) is 25.3 Å². The van der Waals surface area contributed by atoms with E-state index in [9.17, 15) is 4.79 Å². The largest absolute Gasteiger partial charge is 0.497 e. The van der Waals surface area contributed by atoms with Gasteiger partial charge in [0.1, 0.15) is 11.6 Å². The Kier molecular flexibility index (Phi) is 5.31. The summed E-state index contributed by atoms with van der Waals surface area (Å²) in [6.07, 6.45) is 4.24. The van der Waals surface area contributed by atoms with E-state index in [2.05, 4.69) is 15.2 Å². The maximum atomic E-state index is 12.3. The first-order chi connectivity index (χ1) is 11.7. The van der Waals surface area contributed by atoms with Crippen LogP contribution in [0.25, 0.3) is 0 Å². The van der Waals surface area contributed by atoms with Crippen LogP contribution in [-0.4, -0.2) is 37.1 Å². The van der Waals surface area contributed by atoms with Crippen molar-refractivity contribution in [2.24, 2.45) is 0 Å². The second-order valence-corrected chi connectivity index (χ2v) is 6.07. The molecule has 1 aliphatic heterocycles. The molecule has 1 aromatic heterocycles. The van der Waals surface area contributed by atoms with Crippen LogP contribution in [0.15, 0.2) is 48.7 Å². The van der Waals surface area contributed by atoms with Crippen LogP contribution in [0.2, 0.25) is 0 Å². The van der Waals surface area contributed by atoms with Crippen LogP contribution in [0.3, 0.4) is 0 Å². The molecule has 1 amide bonds. The molecule has 1 fully saturated rings. The first-order valence-corrected chi connectivity index (χ1v) is 8.33. The van der Waals surface area contributed by atoms with E-state index in [0.29, 0.717) is 6.42 Å². The highest BCUT2D eigenvalue weighted by Gasteiger charge is 2.22. The Morgan fingerprint density at radius 1 is 1.33 bits per heavy atom. The van der Waals surface area contributed by atoms with Gasteiger partial charge in [-0.3, -0.25) is 4.79 Å². The molecule has 0 spiro atoms. The normalized spacial score (nSPS) is 17.4. The number of nitrogens with zero attached hydrogens (tertiary/aromatic N) is 2. The Morgan fingerprint density at radius 2 is 2.25 bits per heavy atom. The molecular weight excluding hydrogens is 302 g/mol. The zero-order valence-corrected chi connectivity index (χ0v) is 13.9. The number of piperidine rings is 1. The summed E-state index contributed by atoms with van der Waals surface area (Å²) >= 11 is 0. The Labute approximate surface area is 142 Å². The van der Waals surface area contributed by atoms with Crippen molar-refractivity contribution >= 4 is 11.7 Å². The fourth-order valence-corrected chi connectivity index (χ4v) is 3.09. The van der Waals surface area contributed by atoms with Crippen LogP contribution in [-0.2, 0) is 11.2 Å². The molecule has 1 atom stereocenters. The van der Waals surface area contributed by atoms with Crippen LogP contribution >= 0.6 is 0 Å². The smallest absolute Gasteiger partial charge is 0.224 e. The highest BCUT2D eigenvalue weighted by atomic mass is 16.5. The summed E-state index contributed by atoms with van der Waals surface area (Å²) in [5.74, 6) is 1.81. The van der Waals surface area contributed by atoms with Gasteiger partial charge >= 0.3 is 0 Å². The zero-order chi connectivity index (χ0) is 16.8. The predicted molar refractivity (Wildman–Crippen MR) is 94.3 cm³/mol. The molecule has 0 bridgehead atoms. The highest BCUT2D eigenvalue weighted by Crippen LogP contribution is 2.18. The number of rotatable bonds is 5. The Balaban J connectivity index is 1.56. The summed E-state index contributed by atoms with van der Waals surface area (Å²) in [5, 5.41) is 3.16. The molecular formula is C19H23N3O2. The molecule has 1 unspecified atom stereocenters. The summed E-state index contributed by atoms with van der Waals surface area (Å²) in [6, 6.07) is 13.7. The van der Waals surface area contributed by atoms with E-state index in [1.165, 1.54) is 0 Å². The second-order valence-electron chi connectivity index (χ2n) is 6.07. The third-order valence-corrected chi connectivity index (χ3v) is 4.26. The van der Waals surface area contributed by atoms with E-state index in [4.69, 9.17) is 4.74 Å². The minimum Gasteiger partial charge on any atom is -0.497 e. The van der Waals surface area contributed by atoms with Gasteiger partial charge in [0.05, 0.1) is 13.5 Å². The molecule has 2 aromatic rings. The number of hydrogen-bond donors (Lipinski definition) is 1. The average molecular weight is 325 g/mol. The van der Waals surface area contributed by atoms with Crippen molar-refractivity contribution in [1.82, 2.24) is 10.3 Å². The monoisotopic (exact) mass is 325 g/mol. The third-order valence-electron chi connectivity index (χ3n) is 4.26. The summed E-state index contributed by atoms with van der Waals surface area (Å²) in [7, 11) is 1.63. The van der Waals surface area contributed by atoms with Crippen molar-refractivity contribution in [3.8, 4) is 5.75 Å². The maximum absolute atomic E-state index is 12.3. The lowest BCUT2D eigenvalue weighted by Gasteiger charge is -2.34. The molecule has 24 heavy (non-hydrogen) atoms. The summed E-state index contributed by atoms with van der Waals surface area (Å²) in [4.78, 5) is 19.0. The van der Waals surface area contributed by atoms with E-state index in [0.717, 1.165) is 43.1 Å². The Morgan fingerprint density at radius 3 is 3.04 bits per heavy atom. The van der Waals surface area contributed by atoms with Crippen molar-refractivity contribution in [1.29, 1.82) is 0 Å². The lowest BCUT2D eigenvalue weighted by Crippen LogP contribution is -2.48. The summed E-state index contributed by atoms with van der Waals surface area (Å²) in [5.41, 5.74) is 0.962. The number of ether oxygens (including phenoxy) is 1. The van der Waals surface area contributed by atoms with Gasteiger partial charge in [0.2, 0.25) is 5.91 Å². The first-order valence-electron chi connectivity index (χ1n) is 8.33. The van der Waals surface area contributed by atoms with E-state index in [-0.39, 0.29) is 11.9 Å². The number of pyridine rings is 1. The molecule has 5 heteroatoms. The van der Waals surface area contributed by atoms with Gasteiger partial charge in [-0.1, -0.05) is 18.2 Å². The molecule has 2 heterocycles. The highest BCUT2D eigenvalue weighted by molar-refractivity contribution is 5.79. The topological polar surface area (TPSA) is 54.5 Å². The average Bonchev–Trinajstić information content (AvgIpc) is 2.63. The van der Waals surface area contributed by atoms with Gasteiger partial charge in [-0.25, -0.2) is 4.98 Å². The van der Waals surface area contributed by atoms with Crippen molar-refractivity contribution in [2.45, 2.75) is 25.3 Å². The second kappa shape index (κ2) is 7.81. The van der Waals surface area contributed by atoms with Crippen molar-refractivity contribution < 1.29 is 9.53 Å². The van der Waals surface area contributed by atoms with Crippen LogP contribution in [0.1, 0.15) is 18.4 Å². The van der Waals surface area contributed by atoms with Gasteiger partial charge in [0.15, 0.2) is 0 Å². The number of methoxy groups -OCH3 is 1. The van der Waals surface area contributed by atoms with Crippen molar-refractivity contribution in [3.05, 3.63) is 54.2 Å². The predicted octanol–water partition coefficient (Wildman–Crippen LogP) is 2.42. The number of hydrogen-bond acceptors (Lipinski definition) is 4. The molecule has 1 saturated heterocycles. The summed E-state index contributed by atoms with van der Waals surface area (Å²) < 4.78 is 5.20. The molecule has 3 rings (SSSR count). The maximum Gasteiger partial charge on any atom is 0.224 e. The lowest BCUT2D eigenvalue weighted by molar-refractivity contribution is -0.121. The minimum atomic E-state index is 0.0520. The molecule has 1 aliphatic rings. The molecule has 0 aliphatic carbocycles. The van der Waals surface area contributed by atoms with E-state index < -0.39 is 0 Å². The number of anilines is 1. The van der Waals surface area contributed by atoms with Crippen molar-refractivity contribution in [3.63, 3.8) is 0 Å². The van der Waals surface area contributed by atoms with Crippen LogP contribution in [0, 0.1) is 0 Å². The van der Waals surface area contributed by atoms with Gasteiger partial charge in [-0.2, -0.15) is 0 Å². The fraction of sp³-hybridized carbons (Fsp3) is 0.368. The van der Waals surface area contributed by atoms with Gasteiger partial charge in [0.25, 0.3) is 0 Å². The van der Waals surface area contributed by atoms with E-state index >= 15 is 0 Å². The lowest BCUT2D eigenvalue weighted by atomic mass is 10.0. The molecule has 1 N–H and O–H groups in total. The fourth-order valence-electron chi connectivity index (χ4n) is 3.09. The zero-order valence-electron chi connectivity index (χ0n) is 13.9. The molecule has 5 nitrogen and oxygen atoms in total. The number of benzene rings is 1. The third kappa shape index (κ3) is 4.25. The Hall–Kier alpha value is -2.56. The Bertz CT molecular complexity index is 675. The van der Waals surface area contributed by atoms with Crippen LogP contribution < -0.4 is 15.0 Å². The van der Waals surface area contributed by atoms with E-state index in [1.807, 2.05) is 42.5 Å². The van der Waals surface area contributed by atoms with Gasteiger partial charge < -0.3 is 15.0 Å². The molecule has 1 aromatic carbocycles. The molecule has 0 radical (unpaired) electrons. The van der Waals surface area contributed by atoms with Gasteiger partial charge in [-0.05, 0) is 42.7 Å². The molecule has 0 saturated carbocycles. The van der Waals surface area contributed by atoms with Crippen LogP contribution in [0.5, 0.6) is 5.75 Å². The van der Waals surface area contributed by atoms with Crippen LogP contribution in [0.4, 0.5) is 5.82 Å². The number of nitrogens with one attached hydrogen (secondary N) is 1. The first kappa shape index (κ1) is 16.3. The standard InChI is InChI=1S/C19H23N3O2/c1-24-17-8-4-6-15(12-17)13-19(23)21-16-7-5-11-22(14-16)18-9-2-3-10-20-18/h2-4,6,8-10,12,16H,5,7,11,13-14H2,1H3,(H,21,23). The quantitative estimate of drug-likeness (QED) is 0.917. The number of aromatic nitrogens is 1.